The number of allylic oxidation sites excluding steroid dienone is 2. The summed E-state index contributed by atoms with van der Waals surface area (Å²) in [5.74, 6) is -1.76. The van der Waals surface area contributed by atoms with Crippen molar-refractivity contribution >= 4 is 11.9 Å². The van der Waals surface area contributed by atoms with Gasteiger partial charge in [0.05, 0.1) is 0 Å². The van der Waals surface area contributed by atoms with Crippen LogP contribution in [-0.2, 0) is 19.1 Å². The third-order valence-corrected chi connectivity index (χ3v) is 3.61. The smallest absolute Gasteiger partial charge is 0.320 e. The number of carbonyl (C=O) groups is 2. The van der Waals surface area contributed by atoms with Crippen molar-refractivity contribution in [1.82, 2.24) is 0 Å². The second-order valence-electron chi connectivity index (χ2n) is 5.77. The van der Waals surface area contributed by atoms with E-state index in [1.165, 1.54) is 12.8 Å². The first-order chi connectivity index (χ1) is 11.7. The van der Waals surface area contributed by atoms with Crippen LogP contribution in [-0.4, -0.2) is 25.2 Å². The maximum absolute atomic E-state index is 12.2. The Bertz CT molecular complexity index is 355. The van der Waals surface area contributed by atoms with Crippen LogP contribution in [0.1, 0.15) is 72.1 Å². The maximum Gasteiger partial charge on any atom is 0.320 e. The van der Waals surface area contributed by atoms with Crippen LogP contribution in [0.5, 0.6) is 0 Å². The number of ether oxygens (including phenoxy) is 2. The molecule has 4 heteroatoms. The van der Waals surface area contributed by atoms with Gasteiger partial charge in [0.15, 0.2) is 5.92 Å². The Hall–Kier alpha value is -1.58. The van der Waals surface area contributed by atoms with Gasteiger partial charge in [0.1, 0.15) is 13.2 Å². The van der Waals surface area contributed by atoms with Crippen LogP contribution >= 0.6 is 0 Å². The molecule has 0 atom stereocenters. The third-order valence-electron chi connectivity index (χ3n) is 3.61. The van der Waals surface area contributed by atoms with E-state index in [0.29, 0.717) is 6.42 Å². The van der Waals surface area contributed by atoms with Gasteiger partial charge in [0.25, 0.3) is 0 Å². The molecule has 0 radical (unpaired) electrons. The predicted octanol–water partition coefficient (Wildman–Crippen LogP) is 4.98. The Kier molecular flexibility index (Phi) is 15.2. The number of carbonyl (C=O) groups excluding carboxylic acids is 2. The highest BCUT2D eigenvalue weighted by atomic mass is 16.6. The summed E-state index contributed by atoms with van der Waals surface area (Å²) in [6.45, 7) is 6.60. The summed E-state index contributed by atoms with van der Waals surface area (Å²) >= 11 is 0. The van der Waals surface area contributed by atoms with E-state index < -0.39 is 17.9 Å². The van der Waals surface area contributed by atoms with Crippen molar-refractivity contribution in [3.05, 3.63) is 24.3 Å². The van der Waals surface area contributed by atoms with E-state index in [-0.39, 0.29) is 13.2 Å². The van der Waals surface area contributed by atoms with Gasteiger partial charge in [-0.1, -0.05) is 77.2 Å². The van der Waals surface area contributed by atoms with Crippen molar-refractivity contribution in [2.24, 2.45) is 5.92 Å². The Balaban J connectivity index is 4.44. The van der Waals surface area contributed by atoms with Gasteiger partial charge in [-0.3, -0.25) is 9.59 Å². The molecule has 0 aliphatic rings. The molecule has 0 aliphatic carbocycles. The molecule has 24 heavy (non-hydrogen) atoms. The second kappa shape index (κ2) is 16.3. The molecule has 0 heterocycles. The monoisotopic (exact) mass is 338 g/mol. The highest BCUT2D eigenvalue weighted by Gasteiger charge is 2.28. The average Bonchev–Trinajstić information content (AvgIpc) is 2.58. The Morgan fingerprint density at radius 1 is 0.750 bits per heavy atom. The summed E-state index contributed by atoms with van der Waals surface area (Å²) in [5, 5.41) is 0. The van der Waals surface area contributed by atoms with Crippen LogP contribution in [0, 0.1) is 5.92 Å². The van der Waals surface area contributed by atoms with Crippen LogP contribution in [0.3, 0.4) is 0 Å². The van der Waals surface area contributed by atoms with E-state index in [1.807, 2.05) is 26.0 Å². The molecule has 0 fully saturated rings. The van der Waals surface area contributed by atoms with Gasteiger partial charge >= 0.3 is 11.9 Å². The van der Waals surface area contributed by atoms with E-state index in [4.69, 9.17) is 9.47 Å². The summed E-state index contributed by atoms with van der Waals surface area (Å²) in [6.07, 6.45) is 15.1. The van der Waals surface area contributed by atoms with Crippen molar-refractivity contribution in [3.63, 3.8) is 0 Å². The van der Waals surface area contributed by atoms with Crippen molar-refractivity contribution in [1.29, 1.82) is 0 Å². The predicted molar refractivity (Wildman–Crippen MR) is 97.6 cm³/mol. The lowest BCUT2D eigenvalue weighted by atomic mass is 10.0. The fraction of sp³-hybridized carbons (Fsp3) is 0.700. The highest BCUT2D eigenvalue weighted by Crippen LogP contribution is 2.15. The van der Waals surface area contributed by atoms with Gasteiger partial charge in [0, 0.05) is 0 Å². The molecule has 138 valence electrons. The Labute approximate surface area is 147 Å². The third kappa shape index (κ3) is 11.9. The van der Waals surface area contributed by atoms with E-state index >= 15 is 0 Å². The van der Waals surface area contributed by atoms with Gasteiger partial charge in [0.2, 0.25) is 0 Å². The Morgan fingerprint density at radius 2 is 1.25 bits per heavy atom. The largest absolute Gasteiger partial charge is 0.461 e. The number of esters is 2. The second-order valence-corrected chi connectivity index (χ2v) is 5.77. The lowest BCUT2D eigenvalue weighted by molar-refractivity contribution is -0.161. The lowest BCUT2D eigenvalue weighted by Crippen LogP contribution is -2.28. The summed E-state index contributed by atoms with van der Waals surface area (Å²) in [4.78, 5) is 24.4. The average molecular weight is 338 g/mol. The van der Waals surface area contributed by atoms with Gasteiger partial charge < -0.3 is 9.47 Å². The zero-order valence-corrected chi connectivity index (χ0v) is 15.6. The van der Waals surface area contributed by atoms with Gasteiger partial charge in [-0.05, 0) is 19.3 Å². The van der Waals surface area contributed by atoms with E-state index in [1.54, 1.807) is 12.2 Å². The zero-order valence-electron chi connectivity index (χ0n) is 15.6. The fourth-order valence-electron chi connectivity index (χ4n) is 2.22. The molecular weight excluding hydrogens is 304 g/mol. The number of unbranched alkanes of at least 4 members (excludes halogenated alkanes) is 4. The number of rotatable bonds is 14. The minimum atomic E-state index is -0.809. The van der Waals surface area contributed by atoms with E-state index in [0.717, 1.165) is 32.1 Å². The standard InChI is InChI=1S/C20H34O4/c1-4-7-10-11-12-15-18(19(21)23-16-13-8-5-2)20(22)24-17-14-9-6-3/h8-9,13-14,18H,4-7,10-12,15-17H2,1-3H3/b13-8+,14-9+. The quantitative estimate of drug-likeness (QED) is 0.194. The summed E-state index contributed by atoms with van der Waals surface area (Å²) in [6, 6.07) is 0. The van der Waals surface area contributed by atoms with Crippen LogP contribution in [0.4, 0.5) is 0 Å². The zero-order chi connectivity index (χ0) is 18.0. The normalized spacial score (nSPS) is 11.5. The summed E-state index contributed by atoms with van der Waals surface area (Å²) < 4.78 is 10.4. The van der Waals surface area contributed by atoms with Crippen LogP contribution in [0.15, 0.2) is 24.3 Å². The highest BCUT2D eigenvalue weighted by molar-refractivity contribution is 5.94. The van der Waals surface area contributed by atoms with Crippen molar-refractivity contribution in [2.45, 2.75) is 72.1 Å². The van der Waals surface area contributed by atoms with Crippen molar-refractivity contribution in [3.8, 4) is 0 Å². The molecule has 0 amide bonds. The first-order valence-corrected chi connectivity index (χ1v) is 9.30. The van der Waals surface area contributed by atoms with E-state index in [9.17, 15) is 9.59 Å². The molecule has 4 nitrogen and oxygen atoms in total. The Morgan fingerprint density at radius 3 is 1.71 bits per heavy atom. The molecule has 0 unspecified atom stereocenters. The van der Waals surface area contributed by atoms with Crippen molar-refractivity contribution in [2.75, 3.05) is 13.2 Å². The summed E-state index contributed by atoms with van der Waals surface area (Å²) in [5.41, 5.74) is 0. The SMILES string of the molecule is CC/C=C/COC(=O)C(CCCCCCC)C(=O)OC/C=C/CC. The maximum atomic E-state index is 12.2. The van der Waals surface area contributed by atoms with Crippen molar-refractivity contribution < 1.29 is 19.1 Å². The molecule has 0 bridgehead atoms. The molecular formula is C20H34O4. The van der Waals surface area contributed by atoms with Gasteiger partial charge in [-0.25, -0.2) is 0 Å². The minimum absolute atomic E-state index is 0.210. The lowest BCUT2D eigenvalue weighted by Gasteiger charge is -2.14. The van der Waals surface area contributed by atoms with Crippen LogP contribution < -0.4 is 0 Å². The molecule has 0 spiro atoms. The summed E-state index contributed by atoms with van der Waals surface area (Å²) in [7, 11) is 0. The molecule has 0 aliphatic heterocycles. The molecule has 0 aromatic carbocycles. The van der Waals surface area contributed by atoms with Crippen LogP contribution in [0.2, 0.25) is 0 Å². The molecule has 0 aromatic rings. The van der Waals surface area contributed by atoms with E-state index in [2.05, 4.69) is 6.92 Å². The molecule has 0 N–H and O–H groups in total. The van der Waals surface area contributed by atoms with Crippen LogP contribution in [0.25, 0.3) is 0 Å². The molecule has 0 rings (SSSR count). The van der Waals surface area contributed by atoms with Gasteiger partial charge in [-0.15, -0.1) is 0 Å². The topological polar surface area (TPSA) is 52.6 Å². The molecule has 0 aromatic heterocycles. The van der Waals surface area contributed by atoms with Gasteiger partial charge in [-0.2, -0.15) is 0 Å². The number of hydrogen-bond acceptors (Lipinski definition) is 4. The minimum Gasteiger partial charge on any atom is -0.461 e. The number of hydrogen-bond donors (Lipinski definition) is 0. The molecule has 0 saturated heterocycles. The fourth-order valence-corrected chi connectivity index (χ4v) is 2.22. The first-order valence-electron chi connectivity index (χ1n) is 9.30. The molecule has 0 saturated carbocycles. The first kappa shape index (κ1) is 22.4.